The Morgan fingerprint density at radius 2 is 2.05 bits per heavy atom. The van der Waals surface area contributed by atoms with Gasteiger partial charge in [-0.3, -0.25) is 0 Å². The number of benzene rings is 1. The van der Waals surface area contributed by atoms with Crippen molar-refractivity contribution in [1.82, 2.24) is 0 Å². The largest absolute Gasteiger partial charge is 0.496 e. The number of esters is 1. The molecule has 0 radical (unpaired) electrons. The molecule has 5 heteroatoms. The molecule has 0 spiro atoms. The molecular weight excluding hydrogens is 312 g/mol. The van der Waals surface area contributed by atoms with Crippen LogP contribution in [0.2, 0.25) is 0 Å². The molecule has 0 saturated heterocycles. The van der Waals surface area contributed by atoms with Gasteiger partial charge in [-0.25, -0.2) is 4.79 Å². The lowest BCUT2D eigenvalue weighted by molar-refractivity contribution is 0.0593. The van der Waals surface area contributed by atoms with Gasteiger partial charge in [0.1, 0.15) is 17.1 Å². The number of allylic oxidation sites excluding steroid dienone is 1. The van der Waals surface area contributed by atoms with E-state index in [-0.39, 0.29) is 0 Å². The molecule has 1 aromatic carbocycles. The van der Waals surface area contributed by atoms with E-state index in [1.807, 2.05) is 6.07 Å². The summed E-state index contributed by atoms with van der Waals surface area (Å²) in [5.41, 5.74) is 2.19. The van der Waals surface area contributed by atoms with Crippen LogP contribution in [0.1, 0.15) is 21.5 Å². The summed E-state index contributed by atoms with van der Waals surface area (Å²) >= 11 is 3.42. The Labute approximate surface area is 121 Å². The van der Waals surface area contributed by atoms with Crippen LogP contribution >= 0.6 is 15.9 Å². The molecule has 19 heavy (non-hydrogen) atoms. The van der Waals surface area contributed by atoms with Gasteiger partial charge in [-0.05, 0) is 18.1 Å². The Morgan fingerprint density at radius 1 is 1.37 bits per heavy atom. The zero-order valence-electron chi connectivity index (χ0n) is 11.3. The summed E-state index contributed by atoms with van der Waals surface area (Å²) in [5, 5.41) is 0.629. The predicted octanol–water partition coefficient (Wildman–Crippen LogP) is 3.11. The van der Waals surface area contributed by atoms with Crippen molar-refractivity contribution in [3.63, 3.8) is 0 Å². The van der Waals surface area contributed by atoms with E-state index >= 15 is 0 Å². The lowest BCUT2D eigenvalue weighted by Crippen LogP contribution is -2.10. The number of rotatable bonds is 6. The third kappa shape index (κ3) is 3.10. The van der Waals surface area contributed by atoms with Crippen molar-refractivity contribution in [3.8, 4) is 11.5 Å². The van der Waals surface area contributed by atoms with Crippen molar-refractivity contribution >= 4 is 21.9 Å². The highest BCUT2D eigenvalue weighted by atomic mass is 79.9. The maximum Gasteiger partial charge on any atom is 0.345 e. The number of halogens is 1. The van der Waals surface area contributed by atoms with E-state index in [4.69, 9.17) is 14.2 Å². The first-order valence-electron chi connectivity index (χ1n) is 5.66. The fourth-order valence-corrected chi connectivity index (χ4v) is 2.40. The number of methoxy groups -OCH3 is 3. The highest BCUT2D eigenvalue weighted by Crippen LogP contribution is 2.37. The van der Waals surface area contributed by atoms with Crippen molar-refractivity contribution in [2.24, 2.45) is 0 Å². The zero-order valence-corrected chi connectivity index (χ0v) is 12.9. The van der Waals surface area contributed by atoms with Crippen LogP contribution < -0.4 is 9.47 Å². The molecule has 0 amide bonds. The monoisotopic (exact) mass is 328 g/mol. The standard InChI is InChI=1S/C14H17BrO4/c1-5-6-10-9(8-15)7-11(17-2)12(13(10)18-3)14(16)19-4/h5,7H,1,6,8H2,2-4H3. The van der Waals surface area contributed by atoms with Crippen LogP contribution in [0.4, 0.5) is 0 Å². The van der Waals surface area contributed by atoms with Crippen LogP contribution in [-0.2, 0) is 16.5 Å². The Hall–Kier alpha value is -1.49. The van der Waals surface area contributed by atoms with Crippen molar-refractivity contribution in [3.05, 3.63) is 35.4 Å². The molecule has 0 aromatic heterocycles. The number of carbonyl (C=O) groups excluding carboxylic acids is 1. The Balaban J connectivity index is 3.62. The molecule has 0 fully saturated rings. The average Bonchev–Trinajstić information content (AvgIpc) is 2.45. The molecule has 0 heterocycles. The fraction of sp³-hybridized carbons (Fsp3) is 0.357. The van der Waals surface area contributed by atoms with E-state index in [1.54, 1.807) is 6.08 Å². The molecule has 0 aliphatic carbocycles. The van der Waals surface area contributed by atoms with E-state index in [1.165, 1.54) is 21.3 Å². The minimum absolute atomic E-state index is 0.300. The number of hydrogen-bond acceptors (Lipinski definition) is 4. The minimum atomic E-state index is -0.486. The second-order valence-electron chi connectivity index (χ2n) is 3.74. The first-order chi connectivity index (χ1) is 9.14. The number of alkyl halides is 1. The van der Waals surface area contributed by atoms with Gasteiger partial charge >= 0.3 is 5.97 Å². The summed E-state index contributed by atoms with van der Waals surface area (Å²) in [6.45, 7) is 3.73. The van der Waals surface area contributed by atoms with Crippen LogP contribution in [0.3, 0.4) is 0 Å². The van der Waals surface area contributed by atoms with Gasteiger partial charge < -0.3 is 14.2 Å². The van der Waals surface area contributed by atoms with Gasteiger partial charge in [-0.2, -0.15) is 0 Å². The highest BCUT2D eigenvalue weighted by molar-refractivity contribution is 9.08. The molecule has 104 valence electrons. The molecule has 0 N–H and O–H groups in total. The Kier molecular flexibility index (Phi) is 5.89. The van der Waals surface area contributed by atoms with Gasteiger partial charge in [-0.15, -0.1) is 6.58 Å². The van der Waals surface area contributed by atoms with E-state index in [2.05, 4.69) is 22.5 Å². The normalized spacial score (nSPS) is 9.89. The van der Waals surface area contributed by atoms with Crippen molar-refractivity contribution in [2.75, 3.05) is 21.3 Å². The maximum atomic E-state index is 11.9. The number of hydrogen-bond donors (Lipinski definition) is 0. The van der Waals surface area contributed by atoms with Crippen molar-refractivity contribution < 1.29 is 19.0 Å². The second-order valence-corrected chi connectivity index (χ2v) is 4.30. The fourth-order valence-electron chi connectivity index (χ4n) is 1.90. The summed E-state index contributed by atoms with van der Waals surface area (Å²) in [4.78, 5) is 11.9. The SMILES string of the molecule is C=CCc1c(CBr)cc(OC)c(C(=O)OC)c1OC. The lowest BCUT2D eigenvalue weighted by Gasteiger charge is -2.18. The van der Waals surface area contributed by atoms with E-state index in [0.717, 1.165) is 11.1 Å². The van der Waals surface area contributed by atoms with Crippen molar-refractivity contribution in [2.45, 2.75) is 11.8 Å². The van der Waals surface area contributed by atoms with E-state index in [9.17, 15) is 4.79 Å². The summed E-state index contributed by atoms with van der Waals surface area (Å²) in [6.07, 6.45) is 2.36. The molecule has 0 aliphatic heterocycles. The molecular formula is C14H17BrO4. The molecule has 1 aromatic rings. The smallest absolute Gasteiger partial charge is 0.345 e. The zero-order chi connectivity index (χ0) is 14.4. The van der Waals surface area contributed by atoms with E-state index in [0.29, 0.717) is 28.8 Å². The lowest BCUT2D eigenvalue weighted by atomic mass is 9.99. The molecule has 0 atom stereocenters. The predicted molar refractivity (Wildman–Crippen MR) is 77.4 cm³/mol. The van der Waals surface area contributed by atoms with Gasteiger partial charge in [0.25, 0.3) is 0 Å². The summed E-state index contributed by atoms with van der Waals surface area (Å²) in [5.74, 6) is 0.423. The molecule has 0 saturated carbocycles. The first kappa shape index (κ1) is 15.6. The molecule has 0 unspecified atom stereocenters. The van der Waals surface area contributed by atoms with Crippen LogP contribution in [0.25, 0.3) is 0 Å². The molecule has 4 nitrogen and oxygen atoms in total. The van der Waals surface area contributed by atoms with E-state index < -0.39 is 5.97 Å². The quantitative estimate of drug-likeness (QED) is 0.457. The van der Waals surface area contributed by atoms with Gasteiger partial charge in [0.15, 0.2) is 0 Å². The first-order valence-corrected chi connectivity index (χ1v) is 6.78. The summed E-state index contributed by atoms with van der Waals surface area (Å²) in [6, 6.07) is 1.81. The topological polar surface area (TPSA) is 44.8 Å². The van der Waals surface area contributed by atoms with Gasteiger partial charge in [0, 0.05) is 10.9 Å². The Bertz CT molecular complexity index is 483. The second kappa shape index (κ2) is 7.19. The molecule has 0 aliphatic rings. The van der Waals surface area contributed by atoms with Crippen molar-refractivity contribution in [1.29, 1.82) is 0 Å². The summed E-state index contributed by atoms with van der Waals surface area (Å²) < 4.78 is 15.4. The van der Waals surface area contributed by atoms with Gasteiger partial charge in [0.2, 0.25) is 0 Å². The molecule has 0 bridgehead atoms. The average molecular weight is 329 g/mol. The molecule has 1 rings (SSSR count). The number of carbonyl (C=O) groups is 1. The minimum Gasteiger partial charge on any atom is -0.496 e. The van der Waals surface area contributed by atoms with Gasteiger partial charge in [-0.1, -0.05) is 22.0 Å². The Morgan fingerprint density at radius 3 is 2.47 bits per heavy atom. The third-order valence-corrected chi connectivity index (χ3v) is 3.35. The highest BCUT2D eigenvalue weighted by Gasteiger charge is 2.24. The summed E-state index contributed by atoms with van der Waals surface area (Å²) in [7, 11) is 4.35. The van der Waals surface area contributed by atoms with Crippen LogP contribution in [0.15, 0.2) is 18.7 Å². The van der Waals surface area contributed by atoms with Crippen LogP contribution in [0.5, 0.6) is 11.5 Å². The number of ether oxygens (including phenoxy) is 3. The van der Waals surface area contributed by atoms with Crippen LogP contribution in [-0.4, -0.2) is 27.3 Å². The third-order valence-electron chi connectivity index (χ3n) is 2.75. The maximum absolute atomic E-state index is 11.9. The van der Waals surface area contributed by atoms with Gasteiger partial charge in [0.05, 0.1) is 21.3 Å². The van der Waals surface area contributed by atoms with Crippen LogP contribution in [0, 0.1) is 0 Å².